The van der Waals surface area contributed by atoms with Crippen LogP contribution < -0.4 is 9.64 Å². The molecule has 4 aromatic rings. The van der Waals surface area contributed by atoms with Crippen molar-refractivity contribution in [2.45, 2.75) is 36.5 Å². The maximum atomic E-state index is 15.2. The van der Waals surface area contributed by atoms with Crippen LogP contribution in [0.15, 0.2) is 115 Å². The highest BCUT2D eigenvalue weighted by molar-refractivity contribution is 6.32. The van der Waals surface area contributed by atoms with Crippen molar-refractivity contribution in [1.29, 1.82) is 0 Å². The summed E-state index contributed by atoms with van der Waals surface area (Å²) in [4.78, 5) is 59.3. The number of amides is 2. The van der Waals surface area contributed by atoms with E-state index in [1.807, 2.05) is 0 Å². The number of hydrogen-bond donors (Lipinski definition) is 1. The normalized spacial score (nSPS) is 26.3. The Morgan fingerprint density at radius 1 is 0.768 bits per heavy atom. The highest BCUT2D eigenvalue weighted by Crippen LogP contribution is 2.64. The molecular weight excluding hydrogens is 740 g/mol. The topological polar surface area (TPSA) is 101 Å². The van der Waals surface area contributed by atoms with Gasteiger partial charge in [0.2, 0.25) is 11.8 Å². The Labute approximate surface area is 315 Å². The molecule has 0 spiro atoms. The van der Waals surface area contributed by atoms with Crippen molar-refractivity contribution in [3.05, 3.63) is 143 Å². The number of ketones is 2. The van der Waals surface area contributed by atoms with Crippen molar-refractivity contribution in [3.8, 4) is 11.5 Å². The van der Waals surface area contributed by atoms with Crippen LogP contribution in [0.3, 0.4) is 0 Å². The third-order valence-electron chi connectivity index (χ3n) is 11.7. The third-order valence-corrected chi connectivity index (χ3v) is 11.7. The number of carbonyl (C=O) groups excluding carboxylic acids is 4. The summed E-state index contributed by atoms with van der Waals surface area (Å²) < 4.78 is 89.3. The lowest BCUT2D eigenvalue weighted by molar-refractivity contribution is -0.143. The summed E-state index contributed by atoms with van der Waals surface area (Å²) in [6, 6.07) is 22.1. The van der Waals surface area contributed by atoms with E-state index in [1.165, 1.54) is 25.3 Å². The summed E-state index contributed by atoms with van der Waals surface area (Å²) in [6.07, 6.45) is -7.74. The predicted octanol–water partition coefficient (Wildman–Crippen LogP) is 8.47. The van der Waals surface area contributed by atoms with E-state index in [9.17, 15) is 41.0 Å². The maximum Gasteiger partial charge on any atom is 0.416 e. The van der Waals surface area contributed by atoms with E-state index in [1.54, 1.807) is 72.8 Å². The largest absolute Gasteiger partial charge is 0.508 e. The summed E-state index contributed by atoms with van der Waals surface area (Å²) in [5, 5.41) is 10.5. The molecule has 4 aromatic carbocycles. The van der Waals surface area contributed by atoms with Crippen molar-refractivity contribution in [3.63, 3.8) is 0 Å². The van der Waals surface area contributed by atoms with Crippen LogP contribution in [0.2, 0.25) is 0 Å². The van der Waals surface area contributed by atoms with Crippen LogP contribution in [-0.4, -0.2) is 35.6 Å². The zero-order valence-electron chi connectivity index (χ0n) is 29.4. The first-order chi connectivity index (χ1) is 26.6. The number of methoxy groups -OCH3 is 1. The Kier molecular flexibility index (Phi) is 8.62. The number of alkyl halides is 6. The van der Waals surface area contributed by atoms with Gasteiger partial charge in [-0.1, -0.05) is 78.4 Å². The minimum absolute atomic E-state index is 0.0787. The van der Waals surface area contributed by atoms with E-state index in [4.69, 9.17) is 4.74 Å². The van der Waals surface area contributed by atoms with Crippen LogP contribution in [0.1, 0.15) is 46.6 Å². The number of ether oxygens (including phenoxy) is 1. The first-order valence-electron chi connectivity index (χ1n) is 17.7. The van der Waals surface area contributed by atoms with Gasteiger partial charge in [0.25, 0.3) is 0 Å². The first-order valence-corrected chi connectivity index (χ1v) is 17.7. The van der Waals surface area contributed by atoms with Gasteiger partial charge in [-0.2, -0.15) is 26.3 Å². The van der Waals surface area contributed by atoms with E-state index in [2.05, 4.69) is 0 Å². The molecule has 7 nitrogen and oxygen atoms in total. The molecule has 13 heteroatoms. The SMILES string of the molecule is COc1cc(O)ccc1[C@H]1C2=CC[C@@H]3C(=O)N(c4cc(C(F)(F)F)cc(C(F)(F)F)c4)C(=O)[C@@H]3[C@@H]2C[C@H]2C(=O)C(c3ccccc3)=CC(=O)[C@@]12c1ccccc1. The molecule has 4 aliphatic rings. The third kappa shape index (κ3) is 5.57. The molecule has 1 heterocycles. The zero-order valence-corrected chi connectivity index (χ0v) is 29.4. The minimum atomic E-state index is -5.23. The number of Topliss-reactive ketones (excluding diaryl/α,β-unsaturated/α-hetero) is 1. The monoisotopic (exact) mass is 771 g/mol. The second-order valence-corrected chi connectivity index (χ2v) is 14.5. The van der Waals surface area contributed by atoms with Crippen LogP contribution in [0.4, 0.5) is 32.0 Å². The Morgan fingerprint density at radius 2 is 1.39 bits per heavy atom. The molecule has 2 amide bonds. The molecule has 0 unspecified atom stereocenters. The quantitative estimate of drug-likeness (QED) is 0.124. The number of nitrogens with zero attached hydrogens (tertiary/aromatic N) is 1. The number of allylic oxidation sites excluding steroid dienone is 4. The number of halogens is 6. The molecule has 6 atom stereocenters. The lowest BCUT2D eigenvalue weighted by atomic mass is 9.44. The molecular formula is C43H31F6NO6. The first kappa shape index (κ1) is 37.0. The van der Waals surface area contributed by atoms with E-state index in [-0.39, 0.29) is 36.0 Å². The maximum absolute atomic E-state index is 15.2. The number of anilines is 1. The van der Waals surface area contributed by atoms with E-state index in [0.29, 0.717) is 39.3 Å². The molecule has 2 fully saturated rings. The van der Waals surface area contributed by atoms with E-state index >= 15 is 9.59 Å². The lowest BCUT2D eigenvalue weighted by Gasteiger charge is -2.55. The van der Waals surface area contributed by atoms with Crippen LogP contribution in [0.25, 0.3) is 5.57 Å². The zero-order chi connectivity index (χ0) is 39.9. The number of benzene rings is 4. The van der Waals surface area contributed by atoms with Crippen molar-refractivity contribution < 1.29 is 55.4 Å². The van der Waals surface area contributed by atoms with Gasteiger partial charge in [-0.15, -0.1) is 0 Å². The van der Waals surface area contributed by atoms with Gasteiger partial charge >= 0.3 is 12.4 Å². The molecule has 56 heavy (non-hydrogen) atoms. The second-order valence-electron chi connectivity index (χ2n) is 14.5. The number of fused-ring (bicyclic) bond motifs is 4. The fourth-order valence-electron chi connectivity index (χ4n) is 9.48. The number of carbonyl (C=O) groups is 4. The fraction of sp³-hybridized carbons (Fsp3) is 0.256. The molecule has 1 saturated carbocycles. The van der Waals surface area contributed by atoms with Crippen LogP contribution in [-0.2, 0) is 36.9 Å². The van der Waals surface area contributed by atoms with Crippen molar-refractivity contribution in [1.82, 2.24) is 0 Å². The Balaban J connectivity index is 1.35. The summed E-state index contributed by atoms with van der Waals surface area (Å²) in [5.41, 5.74) is -3.95. The van der Waals surface area contributed by atoms with Crippen LogP contribution >= 0.6 is 0 Å². The minimum Gasteiger partial charge on any atom is -0.508 e. The molecule has 0 bridgehead atoms. The number of phenols is 1. The van der Waals surface area contributed by atoms with Crippen LogP contribution in [0, 0.1) is 23.7 Å². The fourth-order valence-corrected chi connectivity index (χ4v) is 9.48. The molecule has 1 N–H and O–H groups in total. The average molecular weight is 772 g/mol. The highest BCUT2D eigenvalue weighted by atomic mass is 19.4. The van der Waals surface area contributed by atoms with Gasteiger partial charge in [0.1, 0.15) is 11.5 Å². The predicted molar refractivity (Wildman–Crippen MR) is 190 cm³/mol. The van der Waals surface area contributed by atoms with Gasteiger partial charge < -0.3 is 9.84 Å². The van der Waals surface area contributed by atoms with Gasteiger partial charge in [-0.05, 0) is 60.2 Å². The summed E-state index contributed by atoms with van der Waals surface area (Å²) >= 11 is 0. The number of aromatic hydroxyl groups is 1. The summed E-state index contributed by atoms with van der Waals surface area (Å²) in [5.74, 6) is -8.53. The van der Waals surface area contributed by atoms with Crippen molar-refractivity contribution in [2.75, 3.05) is 12.0 Å². The van der Waals surface area contributed by atoms with Gasteiger partial charge in [0.15, 0.2) is 11.6 Å². The van der Waals surface area contributed by atoms with Gasteiger partial charge in [-0.25, -0.2) is 4.90 Å². The molecule has 8 rings (SSSR count). The highest BCUT2D eigenvalue weighted by Gasteiger charge is 2.66. The van der Waals surface area contributed by atoms with Gasteiger partial charge in [0.05, 0.1) is 41.2 Å². The number of phenolic OH excluding ortho intramolecular Hbond substituents is 1. The number of rotatable bonds is 5. The molecule has 3 aliphatic carbocycles. The average Bonchev–Trinajstić information content (AvgIpc) is 3.44. The smallest absolute Gasteiger partial charge is 0.416 e. The summed E-state index contributed by atoms with van der Waals surface area (Å²) in [7, 11) is 1.36. The standard InChI is InChI=1S/C43H31F6NO6/c1-56-34-19-27(51)12-13-29(34)37-28-14-15-30-36(40(55)50(39(30)54)26-17-24(42(44,45)46)16-25(18-26)43(47,48)49)32(28)20-33-38(53)31(22-8-4-2-5-9-22)21-35(52)41(33,37)23-10-6-3-7-11-23/h2-14,16-19,21,30,32-33,36-37,51H,15,20H2,1H3/t30-,32+,33-,36-,37+,41-/m0/s1. The van der Waals surface area contributed by atoms with E-state index < -0.39 is 87.6 Å². The molecule has 0 aromatic heterocycles. The van der Waals surface area contributed by atoms with Crippen molar-refractivity contribution >= 4 is 34.6 Å². The molecule has 0 radical (unpaired) electrons. The van der Waals surface area contributed by atoms with Gasteiger partial charge in [-0.3, -0.25) is 19.2 Å². The lowest BCUT2D eigenvalue weighted by Crippen LogP contribution is -2.58. The molecule has 286 valence electrons. The van der Waals surface area contributed by atoms with Gasteiger partial charge in [0, 0.05) is 29.0 Å². The second kappa shape index (κ2) is 13.1. The van der Waals surface area contributed by atoms with E-state index in [0.717, 1.165) is 0 Å². The Bertz CT molecular complexity index is 2340. The van der Waals surface area contributed by atoms with Crippen molar-refractivity contribution in [2.24, 2.45) is 23.7 Å². The Morgan fingerprint density at radius 3 is 2.00 bits per heavy atom. The van der Waals surface area contributed by atoms with Crippen LogP contribution in [0.5, 0.6) is 11.5 Å². The Hall–Kier alpha value is -5.98. The summed E-state index contributed by atoms with van der Waals surface area (Å²) in [6.45, 7) is 0. The molecule has 1 saturated heterocycles. The molecule has 1 aliphatic heterocycles. The number of imide groups is 1. The number of hydrogen-bond acceptors (Lipinski definition) is 6.